The second-order valence-electron chi connectivity index (χ2n) is 6.38. The SMILES string of the molecule is CO[C@@H]1C[C@H](c2nc(C)no2)N(CC[C@H](C)c2ccccc2)C1. The van der Waals surface area contributed by atoms with Gasteiger partial charge >= 0.3 is 0 Å². The number of methoxy groups -OCH3 is 1. The van der Waals surface area contributed by atoms with Crippen molar-refractivity contribution >= 4 is 0 Å². The molecular weight excluding hydrogens is 290 g/mol. The molecule has 3 rings (SSSR count). The van der Waals surface area contributed by atoms with Gasteiger partial charge in [0.2, 0.25) is 5.89 Å². The number of likely N-dealkylation sites (tertiary alicyclic amines) is 1. The van der Waals surface area contributed by atoms with E-state index in [0.717, 1.165) is 31.8 Å². The highest BCUT2D eigenvalue weighted by atomic mass is 16.5. The van der Waals surface area contributed by atoms with Gasteiger partial charge < -0.3 is 9.26 Å². The molecule has 5 heteroatoms. The molecule has 0 saturated carbocycles. The van der Waals surface area contributed by atoms with Crippen molar-refractivity contribution in [3.8, 4) is 0 Å². The van der Waals surface area contributed by atoms with Crippen molar-refractivity contribution in [1.29, 1.82) is 0 Å². The van der Waals surface area contributed by atoms with E-state index in [2.05, 4.69) is 52.3 Å². The van der Waals surface area contributed by atoms with Gasteiger partial charge in [0.25, 0.3) is 0 Å². The van der Waals surface area contributed by atoms with E-state index < -0.39 is 0 Å². The molecule has 0 radical (unpaired) electrons. The van der Waals surface area contributed by atoms with Gasteiger partial charge in [0.05, 0.1) is 12.1 Å². The van der Waals surface area contributed by atoms with Gasteiger partial charge in [-0.25, -0.2) is 0 Å². The summed E-state index contributed by atoms with van der Waals surface area (Å²) in [6, 6.07) is 10.8. The first kappa shape index (κ1) is 16.1. The fraction of sp³-hybridized carbons (Fsp3) is 0.556. The number of benzene rings is 1. The molecule has 3 atom stereocenters. The maximum Gasteiger partial charge on any atom is 0.244 e. The largest absolute Gasteiger partial charge is 0.380 e. The molecule has 1 aromatic carbocycles. The van der Waals surface area contributed by atoms with Crippen LogP contribution in [0, 0.1) is 6.92 Å². The zero-order valence-corrected chi connectivity index (χ0v) is 14.1. The lowest BCUT2D eigenvalue weighted by Crippen LogP contribution is -2.27. The number of hydrogen-bond donors (Lipinski definition) is 0. The van der Waals surface area contributed by atoms with Crippen molar-refractivity contribution in [2.24, 2.45) is 0 Å². The highest BCUT2D eigenvalue weighted by Crippen LogP contribution is 2.33. The Kier molecular flexibility index (Phi) is 5.08. The monoisotopic (exact) mass is 315 g/mol. The zero-order valence-electron chi connectivity index (χ0n) is 14.1. The van der Waals surface area contributed by atoms with Crippen molar-refractivity contribution < 1.29 is 9.26 Å². The summed E-state index contributed by atoms with van der Waals surface area (Å²) in [5.41, 5.74) is 1.39. The lowest BCUT2D eigenvalue weighted by atomic mass is 9.97. The molecule has 0 bridgehead atoms. The third-order valence-corrected chi connectivity index (χ3v) is 4.74. The Balaban J connectivity index is 1.65. The Morgan fingerprint density at radius 2 is 2.13 bits per heavy atom. The van der Waals surface area contributed by atoms with Crippen LogP contribution in [0.5, 0.6) is 0 Å². The van der Waals surface area contributed by atoms with Gasteiger partial charge in [-0.1, -0.05) is 42.4 Å². The van der Waals surface area contributed by atoms with Crippen LogP contribution in [-0.4, -0.2) is 41.3 Å². The van der Waals surface area contributed by atoms with E-state index in [9.17, 15) is 0 Å². The van der Waals surface area contributed by atoms with Crippen molar-refractivity contribution in [3.05, 3.63) is 47.6 Å². The molecule has 0 amide bonds. The molecule has 2 heterocycles. The molecule has 1 aliphatic rings. The van der Waals surface area contributed by atoms with E-state index in [1.54, 1.807) is 7.11 Å². The maximum absolute atomic E-state index is 5.56. The fourth-order valence-corrected chi connectivity index (χ4v) is 3.29. The predicted molar refractivity (Wildman–Crippen MR) is 88.2 cm³/mol. The average molecular weight is 315 g/mol. The summed E-state index contributed by atoms with van der Waals surface area (Å²) in [7, 11) is 1.77. The third kappa shape index (κ3) is 3.79. The molecule has 0 unspecified atom stereocenters. The van der Waals surface area contributed by atoms with Gasteiger partial charge in [-0.2, -0.15) is 4.98 Å². The first-order valence-electron chi connectivity index (χ1n) is 8.29. The summed E-state index contributed by atoms with van der Waals surface area (Å²) in [5.74, 6) is 1.94. The number of rotatable bonds is 6. The number of nitrogens with zero attached hydrogens (tertiary/aromatic N) is 3. The number of hydrogen-bond acceptors (Lipinski definition) is 5. The van der Waals surface area contributed by atoms with Crippen LogP contribution < -0.4 is 0 Å². The molecule has 1 saturated heterocycles. The van der Waals surface area contributed by atoms with Crippen molar-refractivity contribution in [3.63, 3.8) is 0 Å². The van der Waals surface area contributed by atoms with E-state index >= 15 is 0 Å². The standard InChI is InChI=1S/C18H25N3O2/c1-13(15-7-5-4-6-8-15)9-10-21-12-16(22-3)11-17(21)18-19-14(2)20-23-18/h4-8,13,16-17H,9-12H2,1-3H3/t13-,16+,17+/m0/s1. The number of aryl methyl sites for hydroxylation is 1. The Labute approximate surface area is 137 Å². The highest BCUT2D eigenvalue weighted by Gasteiger charge is 2.36. The molecule has 1 fully saturated rings. The van der Waals surface area contributed by atoms with Gasteiger partial charge in [0.1, 0.15) is 0 Å². The first-order chi connectivity index (χ1) is 11.2. The van der Waals surface area contributed by atoms with Crippen LogP contribution in [0.2, 0.25) is 0 Å². The van der Waals surface area contributed by atoms with E-state index in [1.165, 1.54) is 5.56 Å². The number of aromatic nitrogens is 2. The summed E-state index contributed by atoms with van der Waals surface area (Å²) in [6.45, 7) is 6.06. The van der Waals surface area contributed by atoms with Crippen LogP contribution in [0.3, 0.4) is 0 Å². The molecular formula is C18H25N3O2. The summed E-state index contributed by atoms with van der Waals surface area (Å²) in [4.78, 5) is 6.84. The average Bonchev–Trinajstić information content (AvgIpc) is 3.19. The minimum Gasteiger partial charge on any atom is -0.380 e. The lowest BCUT2D eigenvalue weighted by Gasteiger charge is -2.23. The minimum atomic E-state index is 0.170. The van der Waals surface area contributed by atoms with Crippen LogP contribution in [-0.2, 0) is 4.74 Å². The molecule has 0 aliphatic carbocycles. The smallest absolute Gasteiger partial charge is 0.244 e. The molecule has 0 spiro atoms. The van der Waals surface area contributed by atoms with Crippen LogP contribution in [0.25, 0.3) is 0 Å². The van der Waals surface area contributed by atoms with Crippen molar-refractivity contribution in [1.82, 2.24) is 15.0 Å². The quantitative estimate of drug-likeness (QED) is 0.818. The highest BCUT2D eigenvalue weighted by molar-refractivity contribution is 5.18. The molecule has 0 N–H and O–H groups in total. The minimum absolute atomic E-state index is 0.170. The van der Waals surface area contributed by atoms with E-state index in [0.29, 0.717) is 11.7 Å². The Bertz CT molecular complexity index is 614. The van der Waals surface area contributed by atoms with Gasteiger partial charge in [-0.05, 0) is 37.8 Å². The van der Waals surface area contributed by atoms with Crippen LogP contribution in [0.1, 0.15) is 49.0 Å². The van der Waals surface area contributed by atoms with Crippen LogP contribution in [0.15, 0.2) is 34.9 Å². The second kappa shape index (κ2) is 7.23. The van der Waals surface area contributed by atoms with E-state index in [-0.39, 0.29) is 12.1 Å². The summed E-state index contributed by atoms with van der Waals surface area (Å²) >= 11 is 0. The Hall–Kier alpha value is -1.72. The zero-order chi connectivity index (χ0) is 16.2. The second-order valence-corrected chi connectivity index (χ2v) is 6.38. The van der Waals surface area contributed by atoms with Gasteiger partial charge in [-0.15, -0.1) is 0 Å². The first-order valence-corrected chi connectivity index (χ1v) is 8.29. The van der Waals surface area contributed by atoms with Crippen molar-refractivity contribution in [2.45, 2.75) is 44.8 Å². The molecule has 1 aliphatic heterocycles. The van der Waals surface area contributed by atoms with Gasteiger partial charge in [0.15, 0.2) is 5.82 Å². The van der Waals surface area contributed by atoms with E-state index in [1.807, 2.05) is 6.92 Å². The summed E-state index contributed by atoms with van der Waals surface area (Å²) in [5, 5.41) is 3.94. The topological polar surface area (TPSA) is 51.4 Å². The number of ether oxygens (including phenoxy) is 1. The fourth-order valence-electron chi connectivity index (χ4n) is 3.29. The summed E-state index contributed by atoms with van der Waals surface area (Å²) in [6.07, 6.45) is 2.25. The lowest BCUT2D eigenvalue weighted by molar-refractivity contribution is 0.108. The molecule has 124 valence electrons. The van der Waals surface area contributed by atoms with Gasteiger partial charge in [0, 0.05) is 13.7 Å². The molecule has 1 aromatic heterocycles. The Morgan fingerprint density at radius 3 is 2.78 bits per heavy atom. The Morgan fingerprint density at radius 1 is 1.35 bits per heavy atom. The molecule has 2 aromatic rings. The van der Waals surface area contributed by atoms with Gasteiger partial charge in [-0.3, -0.25) is 4.90 Å². The molecule has 23 heavy (non-hydrogen) atoms. The van der Waals surface area contributed by atoms with Crippen LogP contribution >= 0.6 is 0 Å². The molecule has 5 nitrogen and oxygen atoms in total. The predicted octanol–water partition coefficient (Wildman–Crippen LogP) is 3.33. The normalized spacial score (nSPS) is 23.3. The third-order valence-electron chi connectivity index (χ3n) is 4.74. The summed E-state index contributed by atoms with van der Waals surface area (Å²) < 4.78 is 11.0. The van der Waals surface area contributed by atoms with E-state index in [4.69, 9.17) is 9.26 Å². The van der Waals surface area contributed by atoms with Crippen LogP contribution in [0.4, 0.5) is 0 Å². The maximum atomic E-state index is 5.56. The van der Waals surface area contributed by atoms with Crippen molar-refractivity contribution in [2.75, 3.05) is 20.2 Å².